The number of hydrogen-bond acceptors (Lipinski definition) is 2. The van der Waals surface area contributed by atoms with Gasteiger partial charge < -0.3 is 0 Å². The molecule has 3 rings (SSSR count). The lowest BCUT2D eigenvalue weighted by molar-refractivity contribution is 1.14. The van der Waals surface area contributed by atoms with Crippen molar-refractivity contribution in [2.75, 3.05) is 0 Å². The maximum absolute atomic E-state index is 4.59. The molecular formula is C20H17BrN2. The first-order valence-electron chi connectivity index (χ1n) is 7.46. The van der Waals surface area contributed by atoms with E-state index in [2.05, 4.69) is 69.2 Å². The molecule has 0 bridgehead atoms. The average molecular weight is 365 g/mol. The lowest BCUT2D eigenvalue weighted by Crippen LogP contribution is -1.93. The Morgan fingerprint density at radius 2 is 1.70 bits per heavy atom. The Morgan fingerprint density at radius 1 is 0.913 bits per heavy atom. The van der Waals surface area contributed by atoms with Crippen molar-refractivity contribution in [1.29, 1.82) is 0 Å². The number of benzene rings is 1. The topological polar surface area (TPSA) is 25.8 Å². The fourth-order valence-corrected chi connectivity index (χ4v) is 2.69. The van der Waals surface area contributed by atoms with Crippen molar-refractivity contribution in [2.24, 2.45) is 0 Å². The van der Waals surface area contributed by atoms with Gasteiger partial charge in [-0.1, -0.05) is 42.5 Å². The zero-order valence-electron chi connectivity index (χ0n) is 13.1. The molecule has 0 N–H and O–H groups in total. The van der Waals surface area contributed by atoms with Gasteiger partial charge in [-0.05, 0) is 53.0 Å². The van der Waals surface area contributed by atoms with Gasteiger partial charge >= 0.3 is 0 Å². The smallest absolute Gasteiger partial charge is 0.0790 e. The van der Waals surface area contributed by atoms with Gasteiger partial charge in [-0.25, -0.2) is 0 Å². The molecule has 0 unspecified atom stereocenters. The molecule has 0 aliphatic heterocycles. The average Bonchev–Trinajstić information content (AvgIpc) is 2.57. The molecule has 0 aliphatic carbocycles. The molecule has 0 aliphatic rings. The molecule has 2 heterocycles. The van der Waals surface area contributed by atoms with E-state index < -0.39 is 0 Å². The van der Waals surface area contributed by atoms with Crippen LogP contribution in [0.5, 0.6) is 0 Å². The number of nitrogens with zero attached hydrogens (tertiary/aromatic N) is 2. The third-order valence-electron chi connectivity index (χ3n) is 3.75. The SMILES string of the molecule is Cc1cc(-c2ncc(Br)cc2/C=C/c2ccccc2)cnc1C. The van der Waals surface area contributed by atoms with E-state index in [4.69, 9.17) is 0 Å². The highest BCUT2D eigenvalue weighted by Gasteiger charge is 2.07. The van der Waals surface area contributed by atoms with Gasteiger partial charge in [-0.15, -0.1) is 0 Å². The van der Waals surface area contributed by atoms with Crippen molar-refractivity contribution in [3.05, 3.63) is 81.7 Å². The van der Waals surface area contributed by atoms with Gasteiger partial charge in [0.1, 0.15) is 0 Å². The van der Waals surface area contributed by atoms with Crippen LogP contribution < -0.4 is 0 Å². The standard InChI is InChI=1S/C20H17BrN2/c1-14-10-18(12-22-15(14)2)20-17(11-19(21)13-23-20)9-8-16-6-4-3-5-7-16/h3-13H,1-2H3/b9-8+. The molecular weight excluding hydrogens is 348 g/mol. The second kappa shape index (κ2) is 6.88. The minimum Gasteiger partial charge on any atom is -0.261 e. The lowest BCUT2D eigenvalue weighted by atomic mass is 10.0. The van der Waals surface area contributed by atoms with Crippen LogP contribution in [0.25, 0.3) is 23.4 Å². The lowest BCUT2D eigenvalue weighted by Gasteiger charge is -2.08. The largest absolute Gasteiger partial charge is 0.261 e. The highest BCUT2D eigenvalue weighted by Crippen LogP contribution is 2.26. The van der Waals surface area contributed by atoms with Crippen LogP contribution in [-0.2, 0) is 0 Å². The van der Waals surface area contributed by atoms with Crippen LogP contribution >= 0.6 is 15.9 Å². The maximum atomic E-state index is 4.59. The maximum Gasteiger partial charge on any atom is 0.0790 e. The summed E-state index contributed by atoms with van der Waals surface area (Å²) in [4.78, 5) is 9.05. The molecule has 0 saturated carbocycles. The first kappa shape index (κ1) is 15.6. The Hall–Kier alpha value is -2.26. The number of hydrogen-bond donors (Lipinski definition) is 0. The molecule has 0 fully saturated rings. The third kappa shape index (κ3) is 3.74. The van der Waals surface area contributed by atoms with Crippen LogP contribution in [0.15, 0.2) is 59.3 Å². The molecule has 2 nitrogen and oxygen atoms in total. The first-order valence-corrected chi connectivity index (χ1v) is 8.25. The molecule has 0 atom stereocenters. The summed E-state index contributed by atoms with van der Waals surface area (Å²) in [6, 6.07) is 14.5. The fourth-order valence-electron chi connectivity index (χ4n) is 2.35. The molecule has 3 aromatic rings. The summed E-state index contributed by atoms with van der Waals surface area (Å²) in [7, 11) is 0. The second-order valence-electron chi connectivity index (χ2n) is 5.46. The summed E-state index contributed by atoms with van der Waals surface area (Å²) >= 11 is 3.51. The zero-order chi connectivity index (χ0) is 16.2. The summed E-state index contributed by atoms with van der Waals surface area (Å²) in [6.45, 7) is 4.09. The van der Waals surface area contributed by atoms with Gasteiger partial charge in [0.15, 0.2) is 0 Å². The molecule has 0 amide bonds. The van der Waals surface area contributed by atoms with Gasteiger partial charge in [0.25, 0.3) is 0 Å². The second-order valence-corrected chi connectivity index (χ2v) is 6.38. The van der Waals surface area contributed by atoms with Gasteiger partial charge in [0, 0.05) is 33.7 Å². The van der Waals surface area contributed by atoms with Crippen molar-refractivity contribution in [3.63, 3.8) is 0 Å². The van der Waals surface area contributed by atoms with Crippen LogP contribution in [0.3, 0.4) is 0 Å². The van der Waals surface area contributed by atoms with Gasteiger partial charge in [-0.2, -0.15) is 0 Å². The number of aromatic nitrogens is 2. The molecule has 0 saturated heterocycles. The predicted molar refractivity (Wildman–Crippen MR) is 100 cm³/mol. The van der Waals surface area contributed by atoms with Gasteiger partial charge in [0.05, 0.1) is 5.69 Å². The van der Waals surface area contributed by atoms with Crippen molar-refractivity contribution in [3.8, 4) is 11.3 Å². The minimum absolute atomic E-state index is 0.941. The van der Waals surface area contributed by atoms with E-state index in [1.165, 1.54) is 5.56 Å². The minimum atomic E-state index is 0.941. The van der Waals surface area contributed by atoms with E-state index >= 15 is 0 Å². The normalized spacial score (nSPS) is 11.1. The van der Waals surface area contributed by atoms with Gasteiger partial charge in [0.2, 0.25) is 0 Å². The van der Waals surface area contributed by atoms with Gasteiger partial charge in [-0.3, -0.25) is 9.97 Å². The molecule has 3 heteroatoms. The van der Waals surface area contributed by atoms with Crippen molar-refractivity contribution in [1.82, 2.24) is 9.97 Å². The van der Waals surface area contributed by atoms with E-state index in [1.807, 2.05) is 37.5 Å². The van der Waals surface area contributed by atoms with Crippen LogP contribution in [0.1, 0.15) is 22.4 Å². The highest BCUT2D eigenvalue weighted by molar-refractivity contribution is 9.10. The number of pyridine rings is 2. The Bertz CT molecular complexity index is 855. The monoisotopic (exact) mass is 364 g/mol. The molecule has 0 spiro atoms. The fraction of sp³-hybridized carbons (Fsp3) is 0.100. The van der Waals surface area contributed by atoms with Crippen molar-refractivity contribution < 1.29 is 0 Å². The van der Waals surface area contributed by atoms with E-state index in [0.29, 0.717) is 0 Å². The third-order valence-corrected chi connectivity index (χ3v) is 4.19. The quantitative estimate of drug-likeness (QED) is 0.596. The van der Waals surface area contributed by atoms with Crippen LogP contribution in [0.2, 0.25) is 0 Å². The molecule has 114 valence electrons. The van der Waals surface area contributed by atoms with E-state index in [0.717, 1.165) is 32.6 Å². The Labute approximate surface area is 145 Å². The first-order chi connectivity index (χ1) is 11.1. The summed E-state index contributed by atoms with van der Waals surface area (Å²) in [6.07, 6.45) is 7.90. The van der Waals surface area contributed by atoms with Crippen molar-refractivity contribution >= 4 is 28.1 Å². The summed E-state index contributed by atoms with van der Waals surface area (Å²) in [5, 5.41) is 0. The molecule has 2 aromatic heterocycles. The van der Waals surface area contributed by atoms with Crippen LogP contribution in [-0.4, -0.2) is 9.97 Å². The van der Waals surface area contributed by atoms with Crippen molar-refractivity contribution in [2.45, 2.75) is 13.8 Å². The summed E-state index contributed by atoms with van der Waals surface area (Å²) in [5.74, 6) is 0. The summed E-state index contributed by atoms with van der Waals surface area (Å²) < 4.78 is 0.964. The number of halogens is 1. The Morgan fingerprint density at radius 3 is 2.43 bits per heavy atom. The molecule has 1 aromatic carbocycles. The zero-order valence-corrected chi connectivity index (χ0v) is 14.7. The molecule has 0 radical (unpaired) electrons. The highest BCUT2D eigenvalue weighted by atomic mass is 79.9. The Kier molecular flexibility index (Phi) is 4.68. The van der Waals surface area contributed by atoms with Crippen LogP contribution in [0, 0.1) is 13.8 Å². The predicted octanol–water partition coefficient (Wildman–Crippen LogP) is 5.69. The van der Waals surface area contributed by atoms with Crippen LogP contribution in [0.4, 0.5) is 0 Å². The van der Waals surface area contributed by atoms with E-state index in [9.17, 15) is 0 Å². The Balaban J connectivity index is 2.04. The number of aryl methyl sites for hydroxylation is 2. The molecule has 23 heavy (non-hydrogen) atoms. The van der Waals surface area contributed by atoms with E-state index in [-0.39, 0.29) is 0 Å². The summed E-state index contributed by atoms with van der Waals surface area (Å²) in [5.41, 5.74) is 6.42. The number of rotatable bonds is 3. The van der Waals surface area contributed by atoms with E-state index in [1.54, 1.807) is 0 Å².